The lowest BCUT2D eigenvalue weighted by Gasteiger charge is -2.07. The highest BCUT2D eigenvalue weighted by Crippen LogP contribution is 2.07. The fourth-order valence-corrected chi connectivity index (χ4v) is 1.44. The number of hydrogen-bond acceptors (Lipinski definition) is 4. The highest BCUT2D eigenvalue weighted by molar-refractivity contribution is 5.42. The highest BCUT2D eigenvalue weighted by atomic mass is 19.1. The minimum Gasteiger partial charge on any atom is -0.383 e. The minimum atomic E-state index is -0.227. The molecule has 0 unspecified atom stereocenters. The first-order chi connectivity index (χ1) is 9.33. The predicted octanol–water partition coefficient (Wildman–Crippen LogP) is 2.31. The second-order valence-electron chi connectivity index (χ2n) is 4.00. The van der Waals surface area contributed by atoms with Crippen molar-refractivity contribution in [3.63, 3.8) is 0 Å². The van der Waals surface area contributed by atoms with Crippen molar-refractivity contribution in [1.82, 2.24) is 0 Å². The van der Waals surface area contributed by atoms with Gasteiger partial charge in [0.15, 0.2) is 0 Å². The summed E-state index contributed by atoms with van der Waals surface area (Å²) in [5.41, 5.74) is 0.896. The molecule has 5 heteroatoms. The van der Waals surface area contributed by atoms with Gasteiger partial charge in [0.2, 0.25) is 0 Å². The number of halogens is 1. The lowest BCUT2D eigenvalue weighted by atomic mass is 10.3. The van der Waals surface area contributed by atoms with Crippen molar-refractivity contribution in [1.29, 1.82) is 0 Å². The first-order valence-corrected chi connectivity index (χ1v) is 6.47. The minimum absolute atomic E-state index is 0.227. The predicted molar refractivity (Wildman–Crippen MR) is 73.0 cm³/mol. The summed E-state index contributed by atoms with van der Waals surface area (Å²) in [6, 6.07) is 6.28. The van der Waals surface area contributed by atoms with E-state index in [9.17, 15) is 4.39 Å². The zero-order valence-corrected chi connectivity index (χ0v) is 11.4. The Labute approximate surface area is 113 Å². The summed E-state index contributed by atoms with van der Waals surface area (Å²) in [6.07, 6.45) is 0.875. The number of rotatable bonds is 11. The Kier molecular flexibility index (Phi) is 8.97. The van der Waals surface area contributed by atoms with Gasteiger partial charge in [-0.05, 0) is 30.7 Å². The van der Waals surface area contributed by atoms with Gasteiger partial charge in [-0.3, -0.25) is 0 Å². The Balaban J connectivity index is 1.87. The normalized spacial score (nSPS) is 10.6. The average Bonchev–Trinajstić information content (AvgIpc) is 2.43. The molecular formula is C14H22FNO3. The van der Waals surface area contributed by atoms with E-state index in [1.165, 1.54) is 12.1 Å². The molecule has 0 aliphatic rings. The molecule has 1 N–H and O–H groups in total. The molecule has 0 aromatic heterocycles. The highest BCUT2D eigenvalue weighted by Gasteiger charge is 1.94. The summed E-state index contributed by atoms with van der Waals surface area (Å²) in [5, 5.41) is 3.15. The molecule has 0 radical (unpaired) electrons. The molecule has 0 aliphatic heterocycles. The number of benzene rings is 1. The molecule has 4 nitrogen and oxygen atoms in total. The first-order valence-electron chi connectivity index (χ1n) is 6.47. The zero-order chi connectivity index (χ0) is 13.8. The summed E-state index contributed by atoms with van der Waals surface area (Å²) in [7, 11) is 1.65. The van der Waals surface area contributed by atoms with Crippen LogP contribution < -0.4 is 5.32 Å². The molecule has 0 fully saturated rings. The number of hydrogen-bond donors (Lipinski definition) is 1. The number of anilines is 1. The third-order valence-corrected chi connectivity index (χ3v) is 2.43. The lowest BCUT2D eigenvalue weighted by molar-refractivity contribution is 0.0529. The number of ether oxygens (including phenoxy) is 3. The van der Waals surface area contributed by atoms with Crippen LogP contribution in [0.15, 0.2) is 24.3 Å². The van der Waals surface area contributed by atoms with E-state index in [2.05, 4.69) is 5.32 Å². The average molecular weight is 271 g/mol. The molecule has 19 heavy (non-hydrogen) atoms. The van der Waals surface area contributed by atoms with Gasteiger partial charge in [-0.25, -0.2) is 4.39 Å². The van der Waals surface area contributed by atoms with Crippen LogP contribution in [0, 0.1) is 5.82 Å². The second kappa shape index (κ2) is 10.7. The smallest absolute Gasteiger partial charge is 0.123 e. The third-order valence-electron chi connectivity index (χ3n) is 2.43. The maximum atomic E-state index is 12.7. The second-order valence-corrected chi connectivity index (χ2v) is 4.00. The standard InChI is InChI=1S/C14H22FNO3/c1-17-11-12-19-9-2-8-18-10-7-16-14-5-3-13(15)4-6-14/h3-6,16H,2,7-12H2,1H3. The Hall–Kier alpha value is -1.17. The molecule has 0 aliphatic carbocycles. The van der Waals surface area contributed by atoms with Crippen LogP contribution in [0.1, 0.15) is 6.42 Å². The van der Waals surface area contributed by atoms with Crippen molar-refractivity contribution in [2.75, 3.05) is 52.0 Å². The SMILES string of the molecule is COCCOCCCOCCNc1ccc(F)cc1. The molecular weight excluding hydrogens is 249 g/mol. The van der Waals surface area contributed by atoms with Gasteiger partial charge < -0.3 is 19.5 Å². The Bertz CT molecular complexity index is 319. The van der Waals surface area contributed by atoms with E-state index in [-0.39, 0.29) is 5.82 Å². The van der Waals surface area contributed by atoms with E-state index in [0.29, 0.717) is 39.6 Å². The van der Waals surface area contributed by atoms with Gasteiger partial charge in [-0.15, -0.1) is 0 Å². The van der Waals surface area contributed by atoms with Crippen molar-refractivity contribution < 1.29 is 18.6 Å². The van der Waals surface area contributed by atoms with E-state index < -0.39 is 0 Å². The van der Waals surface area contributed by atoms with Crippen molar-refractivity contribution in [2.45, 2.75) is 6.42 Å². The Morgan fingerprint density at radius 1 is 0.947 bits per heavy atom. The Morgan fingerprint density at radius 2 is 1.63 bits per heavy atom. The van der Waals surface area contributed by atoms with Crippen LogP contribution in [0.2, 0.25) is 0 Å². The molecule has 0 saturated carbocycles. The van der Waals surface area contributed by atoms with Crippen molar-refractivity contribution in [3.05, 3.63) is 30.1 Å². The van der Waals surface area contributed by atoms with Crippen LogP contribution in [0.3, 0.4) is 0 Å². The van der Waals surface area contributed by atoms with E-state index in [4.69, 9.17) is 14.2 Å². The molecule has 1 rings (SSSR count). The molecule has 0 bridgehead atoms. The number of methoxy groups -OCH3 is 1. The molecule has 0 amide bonds. The van der Waals surface area contributed by atoms with E-state index in [1.807, 2.05) is 0 Å². The molecule has 0 atom stereocenters. The van der Waals surface area contributed by atoms with Crippen LogP contribution in [0.25, 0.3) is 0 Å². The zero-order valence-electron chi connectivity index (χ0n) is 11.4. The van der Waals surface area contributed by atoms with Gasteiger partial charge in [0.05, 0.1) is 19.8 Å². The quantitative estimate of drug-likeness (QED) is 0.627. The van der Waals surface area contributed by atoms with Crippen molar-refractivity contribution in [3.8, 4) is 0 Å². The van der Waals surface area contributed by atoms with E-state index >= 15 is 0 Å². The fraction of sp³-hybridized carbons (Fsp3) is 0.571. The van der Waals surface area contributed by atoms with E-state index in [0.717, 1.165) is 12.1 Å². The molecule has 1 aromatic carbocycles. The van der Waals surface area contributed by atoms with Gasteiger partial charge >= 0.3 is 0 Å². The summed E-state index contributed by atoms with van der Waals surface area (Å²) in [4.78, 5) is 0. The monoisotopic (exact) mass is 271 g/mol. The van der Waals surface area contributed by atoms with Gasteiger partial charge in [-0.1, -0.05) is 0 Å². The largest absolute Gasteiger partial charge is 0.383 e. The van der Waals surface area contributed by atoms with Crippen LogP contribution in [-0.4, -0.2) is 46.7 Å². The molecule has 0 spiro atoms. The summed E-state index contributed by atoms with van der Waals surface area (Å²) in [6.45, 7) is 3.95. The van der Waals surface area contributed by atoms with Gasteiger partial charge in [0, 0.05) is 32.6 Å². The fourth-order valence-electron chi connectivity index (χ4n) is 1.44. The van der Waals surface area contributed by atoms with Crippen LogP contribution in [0.5, 0.6) is 0 Å². The molecule has 0 heterocycles. The maximum Gasteiger partial charge on any atom is 0.123 e. The van der Waals surface area contributed by atoms with Crippen molar-refractivity contribution >= 4 is 5.69 Å². The van der Waals surface area contributed by atoms with Crippen molar-refractivity contribution in [2.24, 2.45) is 0 Å². The van der Waals surface area contributed by atoms with Crippen LogP contribution in [-0.2, 0) is 14.2 Å². The van der Waals surface area contributed by atoms with Crippen LogP contribution in [0.4, 0.5) is 10.1 Å². The molecule has 0 saturated heterocycles. The number of nitrogens with one attached hydrogen (secondary N) is 1. The first kappa shape index (κ1) is 15.9. The summed E-state index contributed by atoms with van der Waals surface area (Å²) < 4.78 is 28.3. The van der Waals surface area contributed by atoms with E-state index in [1.54, 1.807) is 19.2 Å². The van der Waals surface area contributed by atoms with Gasteiger partial charge in [0.25, 0.3) is 0 Å². The summed E-state index contributed by atoms with van der Waals surface area (Å²) in [5.74, 6) is -0.227. The van der Waals surface area contributed by atoms with Gasteiger partial charge in [0.1, 0.15) is 5.82 Å². The topological polar surface area (TPSA) is 39.7 Å². The lowest BCUT2D eigenvalue weighted by Crippen LogP contribution is -2.11. The third kappa shape index (κ3) is 8.53. The van der Waals surface area contributed by atoms with Gasteiger partial charge in [-0.2, -0.15) is 0 Å². The Morgan fingerprint density at radius 3 is 2.32 bits per heavy atom. The molecule has 108 valence electrons. The maximum absolute atomic E-state index is 12.7. The summed E-state index contributed by atoms with van der Waals surface area (Å²) >= 11 is 0. The van der Waals surface area contributed by atoms with Crippen LogP contribution >= 0.6 is 0 Å². The molecule has 1 aromatic rings.